The number of nitriles is 1. The Labute approximate surface area is 478 Å². The first kappa shape index (κ1) is 58.5. The number of para-hydroxylation sites is 1. The molecular formula is C63H61N4O13PS. The second kappa shape index (κ2) is 25.3. The second-order valence-corrected chi connectivity index (χ2v) is 22.8. The topological polar surface area (TPSA) is 200 Å². The lowest BCUT2D eigenvalue weighted by Gasteiger charge is -2.39. The Morgan fingerprint density at radius 2 is 1.41 bits per heavy atom. The van der Waals surface area contributed by atoms with Gasteiger partial charge >= 0.3 is 13.4 Å². The van der Waals surface area contributed by atoms with Crippen molar-refractivity contribution in [2.24, 2.45) is 0 Å². The van der Waals surface area contributed by atoms with E-state index in [0.29, 0.717) is 47.9 Å². The second-order valence-electron chi connectivity index (χ2n) is 19.8. The first-order valence-electron chi connectivity index (χ1n) is 26.5. The van der Waals surface area contributed by atoms with Crippen LogP contribution in [0.4, 0.5) is 0 Å². The fourth-order valence-corrected chi connectivity index (χ4v) is 13.3. The molecule has 1 saturated heterocycles. The van der Waals surface area contributed by atoms with Gasteiger partial charge in [0.2, 0.25) is 11.2 Å². The summed E-state index contributed by atoms with van der Waals surface area (Å²) in [6, 6.07) is 42.4. The molecular weight excluding hydrogens is 1080 g/mol. The van der Waals surface area contributed by atoms with E-state index in [1.807, 2.05) is 120 Å². The zero-order chi connectivity index (χ0) is 58.3. The number of aryl methyl sites for hydroxylation is 1. The summed E-state index contributed by atoms with van der Waals surface area (Å²) in [4.78, 5) is 58.7. The van der Waals surface area contributed by atoms with Gasteiger partial charge in [-0.2, -0.15) is 9.83 Å². The number of nitrogens with zero attached hydrogens (tertiary/aromatic N) is 4. The molecule has 1 unspecified atom stereocenters. The van der Waals surface area contributed by atoms with Crippen molar-refractivity contribution in [2.45, 2.75) is 83.6 Å². The molecule has 82 heavy (non-hydrogen) atoms. The van der Waals surface area contributed by atoms with E-state index >= 15 is 9.36 Å². The molecule has 4 heterocycles. The minimum atomic E-state index is -4.35. The molecule has 8 aromatic rings. The lowest BCUT2D eigenvalue weighted by Crippen LogP contribution is -2.45. The van der Waals surface area contributed by atoms with Crippen molar-refractivity contribution in [2.75, 3.05) is 34.5 Å². The van der Waals surface area contributed by atoms with Crippen LogP contribution in [0.15, 0.2) is 165 Å². The number of methoxy groups -OCH3 is 3. The lowest BCUT2D eigenvalue weighted by molar-refractivity contribution is -0.0939. The standard InChI is InChI=1S/C63H61N4O13PS/c1-40(2)67(41(3)4)81(72,77-36-14-35-64)80-53-37-56(78-54(53)39-76-63(45-15-10-9-11-16-45,46-24-28-48(73-6)29-25-46)47-26-30-49(74-7)31-27-47)65-38-44(61(70)66(62(65)71)60(69)43-21-19-42(5)20-22-43)23-32-50-33-34-55(82-50)58-59(75-8)57(68)51-17-12-13-18-52(51)79-58/h9-13,15-22,24-31,33-34,38,40-41,53-54,56H,14,36-37,39H2,1-8H3/t53-,54+,56+,81?/m0/s1. The summed E-state index contributed by atoms with van der Waals surface area (Å²) in [7, 11) is 0.189. The SMILES string of the molecule is COc1ccc(C(OC[C@H]2O[C@@H](n3cc(C#Cc4ccc(-c5oc6ccccc6c(=O)c5OC)s4)c(=O)n(C(=O)c4ccc(C)cc4)c3=O)C[C@@H]2OP(=O)(OCCC#N)N(C(C)C)C(C)C)(c2ccccc2)c2ccc(OC)cc2)cc1. The molecule has 1 aliphatic heterocycles. The summed E-state index contributed by atoms with van der Waals surface area (Å²) < 4.78 is 68.8. The van der Waals surface area contributed by atoms with E-state index in [9.17, 15) is 19.6 Å². The van der Waals surface area contributed by atoms with Crippen LogP contribution >= 0.6 is 19.1 Å². The smallest absolute Gasteiger partial charge is 0.409 e. The molecule has 9 rings (SSSR count). The highest BCUT2D eigenvalue weighted by Crippen LogP contribution is 2.57. The molecule has 0 radical (unpaired) electrons. The molecule has 0 bridgehead atoms. The average molecular weight is 1150 g/mol. The first-order valence-corrected chi connectivity index (χ1v) is 28.8. The van der Waals surface area contributed by atoms with Gasteiger partial charge in [0.25, 0.3) is 11.5 Å². The molecule has 3 aromatic heterocycles. The number of fused-ring (bicyclic) bond motifs is 1. The Bertz CT molecular complexity index is 3880. The van der Waals surface area contributed by atoms with E-state index in [1.165, 1.54) is 36.8 Å². The number of carbonyl (C=O) groups is 1. The molecule has 0 amide bonds. The van der Waals surface area contributed by atoms with Gasteiger partial charge in [0.15, 0.2) is 5.76 Å². The summed E-state index contributed by atoms with van der Waals surface area (Å²) in [6.45, 7) is 8.73. The Kier molecular flexibility index (Phi) is 18.1. The Hall–Kier alpha value is -8.16. The van der Waals surface area contributed by atoms with Crippen LogP contribution in [-0.4, -0.2) is 78.5 Å². The maximum absolute atomic E-state index is 15.6. The Morgan fingerprint density at radius 1 is 0.793 bits per heavy atom. The maximum atomic E-state index is 15.6. The minimum absolute atomic E-state index is 0.00520. The highest BCUT2D eigenvalue weighted by Gasteiger charge is 2.48. The van der Waals surface area contributed by atoms with Crippen LogP contribution in [0.2, 0.25) is 0 Å². The number of ether oxygens (including phenoxy) is 5. The minimum Gasteiger partial charge on any atom is -0.497 e. The van der Waals surface area contributed by atoms with Gasteiger partial charge in [-0.25, -0.2) is 14.0 Å². The monoisotopic (exact) mass is 1140 g/mol. The van der Waals surface area contributed by atoms with Gasteiger partial charge in [-0.05, 0) is 112 Å². The predicted molar refractivity (Wildman–Crippen MR) is 312 cm³/mol. The summed E-state index contributed by atoms with van der Waals surface area (Å²) in [5.41, 5.74) is -0.617. The van der Waals surface area contributed by atoms with Gasteiger partial charge in [-0.1, -0.05) is 96.3 Å². The van der Waals surface area contributed by atoms with Gasteiger partial charge in [0.05, 0.1) is 62.2 Å². The fourth-order valence-electron chi connectivity index (χ4n) is 10.1. The number of aromatic nitrogens is 2. The third kappa shape index (κ3) is 11.9. The molecule has 5 aromatic carbocycles. The molecule has 19 heteroatoms. The molecule has 1 aliphatic rings. The van der Waals surface area contributed by atoms with Crippen molar-refractivity contribution in [3.63, 3.8) is 0 Å². The van der Waals surface area contributed by atoms with Crippen LogP contribution in [-0.2, 0) is 28.7 Å². The quantitative estimate of drug-likeness (QED) is 0.0302. The Morgan fingerprint density at radius 3 is 2.02 bits per heavy atom. The van der Waals surface area contributed by atoms with Gasteiger partial charge in [0.1, 0.15) is 46.7 Å². The van der Waals surface area contributed by atoms with Crippen LogP contribution in [0.5, 0.6) is 17.2 Å². The Balaban J connectivity index is 1.19. The van der Waals surface area contributed by atoms with Crippen molar-refractivity contribution in [3.05, 3.63) is 215 Å². The molecule has 0 N–H and O–H groups in total. The summed E-state index contributed by atoms with van der Waals surface area (Å²) in [5, 5.41) is 9.94. The van der Waals surface area contributed by atoms with E-state index < -0.39 is 48.9 Å². The van der Waals surface area contributed by atoms with E-state index in [1.54, 1.807) is 67.4 Å². The van der Waals surface area contributed by atoms with Gasteiger partial charge in [-0.15, -0.1) is 11.3 Å². The van der Waals surface area contributed by atoms with E-state index in [4.69, 9.17) is 37.1 Å². The summed E-state index contributed by atoms with van der Waals surface area (Å²) in [5.74, 6) is 6.44. The zero-order valence-corrected chi connectivity index (χ0v) is 48.2. The number of hydrogen-bond donors (Lipinski definition) is 0. The highest BCUT2D eigenvalue weighted by molar-refractivity contribution is 7.51. The number of carbonyl (C=O) groups excluding carboxylic acids is 1. The number of benzene rings is 5. The molecule has 0 aliphatic carbocycles. The summed E-state index contributed by atoms with van der Waals surface area (Å²) >= 11 is 1.17. The molecule has 0 spiro atoms. The van der Waals surface area contributed by atoms with Crippen molar-refractivity contribution >= 4 is 36.0 Å². The van der Waals surface area contributed by atoms with E-state index in [2.05, 4.69) is 11.8 Å². The molecule has 1 fully saturated rings. The summed E-state index contributed by atoms with van der Waals surface area (Å²) in [6.07, 6.45) is -2.68. The molecule has 0 saturated carbocycles. The lowest BCUT2D eigenvalue weighted by atomic mass is 9.80. The number of rotatable bonds is 20. The van der Waals surface area contributed by atoms with Crippen LogP contribution < -0.4 is 30.9 Å². The van der Waals surface area contributed by atoms with Crippen LogP contribution in [0, 0.1) is 30.1 Å². The van der Waals surface area contributed by atoms with Crippen molar-refractivity contribution in [1.29, 1.82) is 5.26 Å². The van der Waals surface area contributed by atoms with Crippen LogP contribution in [0.3, 0.4) is 0 Å². The normalized spacial score (nSPS) is 16.0. The van der Waals surface area contributed by atoms with Gasteiger partial charge in [-0.3, -0.25) is 28.0 Å². The maximum Gasteiger partial charge on any atom is 0.409 e. The van der Waals surface area contributed by atoms with Gasteiger partial charge in [0, 0.05) is 30.3 Å². The first-order chi connectivity index (χ1) is 39.5. The average Bonchev–Trinajstić information content (AvgIpc) is 3.64. The van der Waals surface area contributed by atoms with Gasteiger partial charge < -0.3 is 28.1 Å². The van der Waals surface area contributed by atoms with Crippen molar-refractivity contribution in [3.8, 4) is 45.8 Å². The van der Waals surface area contributed by atoms with Crippen molar-refractivity contribution in [1.82, 2.24) is 13.8 Å². The zero-order valence-electron chi connectivity index (χ0n) is 46.5. The number of thiophene rings is 1. The van der Waals surface area contributed by atoms with E-state index in [0.717, 1.165) is 15.7 Å². The van der Waals surface area contributed by atoms with Crippen molar-refractivity contribution < 1.29 is 46.5 Å². The van der Waals surface area contributed by atoms with Crippen LogP contribution in [0.1, 0.15) is 89.8 Å². The third-order valence-corrected chi connectivity index (χ3v) is 17.5. The fraction of sp³-hybridized carbons (Fsp3) is 0.286. The third-order valence-electron chi connectivity index (χ3n) is 13.9. The molecule has 4 atom stereocenters. The predicted octanol–water partition coefficient (Wildman–Crippen LogP) is 11.1. The molecule has 17 nitrogen and oxygen atoms in total. The molecule has 422 valence electrons. The highest BCUT2D eigenvalue weighted by atomic mass is 32.1. The van der Waals surface area contributed by atoms with Crippen LogP contribution in [0.25, 0.3) is 21.6 Å². The number of hydrogen-bond acceptors (Lipinski definition) is 15. The van der Waals surface area contributed by atoms with E-state index in [-0.39, 0.29) is 66.2 Å². The largest absolute Gasteiger partial charge is 0.497 e.